The molecule has 4 N–H and O–H groups in total. The summed E-state index contributed by atoms with van der Waals surface area (Å²) in [6, 6.07) is 12.9. The van der Waals surface area contributed by atoms with Gasteiger partial charge in [0.2, 0.25) is 0 Å². The number of aromatic amines is 1. The van der Waals surface area contributed by atoms with Crippen LogP contribution in [0, 0.1) is 0 Å². The van der Waals surface area contributed by atoms with Gasteiger partial charge in [0.05, 0.1) is 0 Å². The normalized spacial score (nSPS) is 16.0. The van der Waals surface area contributed by atoms with E-state index in [2.05, 4.69) is 26.2 Å². The molecule has 1 heterocycles. The number of halogens is 1. The van der Waals surface area contributed by atoms with Gasteiger partial charge in [-0.25, -0.2) is 0 Å². The van der Waals surface area contributed by atoms with Crippen molar-refractivity contribution in [3.05, 3.63) is 74.1 Å². The molecule has 1 atom stereocenters. The number of hydrogen-bond donors (Lipinski definition) is 3. The molecule has 0 saturated heterocycles. The SMILES string of the molecule is N[C@H]1CCc2cc(NC(=O)c3cc4c(Br)cccc4c(=O)[nH]3)ccc21. The van der Waals surface area contributed by atoms with Crippen LogP contribution in [0.15, 0.2) is 51.7 Å². The van der Waals surface area contributed by atoms with Crippen molar-refractivity contribution < 1.29 is 4.79 Å². The quantitative estimate of drug-likeness (QED) is 0.618. The molecule has 126 valence electrons. The molecule has 1 aliphatic carbocycles. The van der Waals surface area contributed by atoms with Crippen LogP contribution in [0.25, 0.3) is 10.8 Å². The van der Waals surface area contributed by atoms with E-state index in [1.807, 2.05) is 24.3 Å². The fourth-order valence-electron chi connectivity index (χ4n) is 3.30. The van der Waals surface area contributed by atoms with Gasteiger partial charge in [0.15, 0.2) is 0 Å². The van der Waals surface area contributed by atoms with E-state index in [-0.39, 0.29) is 23.2 Å². The Morgan fingerprint density at radius 3 is 2.88 bits per heavy atom. The van der Waals surface area contributed by atoms with Crippen LogP contribution >= 0.6 is 15.9 Å². The fourth-order valence-corrected chi connectivity index (χ4v) is 3.78. The molecule has 0 radical (unpaired) electrons. The third-order valence-electron chi connectivity index (χ3n) is 4.60. The first kappa shape index (κ1) is 16.1. The summed E-state index contributed by atoms with van der Waals surface area (Å²) in [5.74, 6) is -0.350. The van der Waals surface area contributed by atoms with Crippen molar-refractivity contribution in [2.45, 2.75) is 18.9 Å². The lowest BCUT2D eigenvalue weighted by Gasteiger charge is -2.09. The summed E-state index contributed by atoms with van der Waals surface area (Å²) in [4.78, 5) is 27.4. The van der Waals surface area contributed by atoms with E-state index < -0.39 is 0 Å². The molecule has 0 saturated carbocycles. The highest BCUT2D eigenvalue weighted by Gasteiger charge is 2.19. The molecule has 2 aromatic carbocycles. The van der Waals surface area contributed by atoms with Crippen LogP contribution < -0.4 is 16.6 Å². The second-order valence-electron chi connectivity index (χ2n) is 6.23. The molecule has 0 aliphatic heterocycles. The second-order valence-corrected chi connectivity index (χ2v) is 7.08. The van der Waals surface area contributed by atoms with Crippen LogP contribution in [-0.2, 0) is 6.42 Å². The number of pyridine rings is 1. The van der Waals surface area contributed by atoms with Crippen LogP contribution in [0.3, 0.4) is 0 Å². The third-order valence-corrected chi connectivity index (χ3v) is 5.30. The molecule has 0 bridgehead atoms. The van der Waals surface area contributed by atoms with Gasteiger partial charge in [-0.3, -0.25) is 9.59 Å². The number of H-pyrrole nitrogens is 1. The lowest BCUT2D eigenvalue weighted by atomic mass is 10.1. The standard InChI is InChI=1S/C19H16BrN3O2/c20-15-3-1-2-13-14(15)9-17(23-18(13)24)19(25)22-11-5-6-12-10(8-11)4-7-16(12)21/h1-3,5-6,8-9,16H,4,7,21H2,(H,22,25)(H,23,24)/t16-/m0/s1. The zero-order valence-electron chi connectivity index (χ0n) is 13.3. The Morgan fingerprint density at radius 1 is 1.20 bits per heavy atom. The number of carbonyl (C=O) groups is 1. The lowest BCUT2D eigenvalue weighted by molar-refractivity contribution is 0.102. The molecular formula is C19H16BrN3O2. The zero-order valence-corrected chi connectivity index (χ0v) is 14.9. The molecule has 0 fully saturated rings. The first-order chi connectivity index (χ1) is 12.0. The van der Waals surface area contributed by atoms with Crippen molar-refractivity contribution >= 4 is 38.3 Å². The molecule has 6 heteroatoms. The number of carbonyl (C=O) groups excluding carboxylic acids is 1. The number of nitrogens with one attached hydrogen (secondary N) is 2. The minimum atomic E-state index is -0.350. The monoisotopic (exact) mass is 397 g/mol. The predicted octanol–water partition coefficient (Wildman–Crippen LogP) is 3.49. The average molecular weight is 398 g/mol. The van der Waals surface area contributed by atoms with Crippen molar-refractivity contribution in [1.29, 1.82) is 0 Å². The summed E-state index contributed by atoms with van der Waals surface area (Å²) in [6.07, 6.45) is 1.85. The van der Waals surface area contributed by atoms with Crippen LogP contribution in [0.2, 0.25) is 0 Å². The molecule has 0 unspecified atom stereocenters. The van der Waals surface area contributed by atoms with Crippen molar-refractivity contribution in [3.8, 4) is 0 Å². The van der Waals surface area contributed by atoms with Crippen molar-refractivity contribution in [2.75, 3.05) is 5.32 Å². The van der Waals surface area contributed by atoms with Crippen LogP contribution in [0.5, 0.6) is 0 Å². The Hall–Kier alpha value is -2.44. The van der Waals surface area contributed by atoms with Gasteiger partial charge < -0.3 is 16.0 Å². The highest BCUT2D eigenvalue weighted by atomic mass is 79.9. The Kier molecular flexibility index (Phi) is 3.94. The lowest BCUT2D eigenvalue weighted by Crippen LogP contribution is -2.19. The van der Waals surface area contributed by atoms with E-state index in [0.29, 0.717) is 16.5 Å². The largest absolute Gasteiger partial charge is 0.324 e. The Balaban J connectivity index is 1.67. The van der Waals surface area contributed by atoms with Gasteiger partial charge in [0.25, 0.3) is 11.5 Å². The highest BCUT2D eigenvalue weighted by molar-refractivity contribution is 9.10. The number of anilines is 1. The number of nitrogens with two attached hydrogens (primary N) is 1. The van der Waals surface area contributed by atoms with Gasteiger partial charge >= 0.3 is 0 Å². The molecule has 4 rings (SSSR count). The van der Waals surface area contributed by atoms with E-state index in [4.69, 9.17) is 5.73 Å². The number of benzene rings is 2. The number of aromatic nitrogens is 1. The number of amides is 1. The molecule has 1 amide bonds. The van der Waals surface area contributed by atoms with Gasteiger partial charge in [0.1, 0.15) is 5.69 Å². The molecular weight excluding hydrogens is 382 g/mol. The van der Waals surface area contributed by atoms with Crippen LogP contribution in [0.1, 0.15) is 34.1 Å². The van der Waals surface area contributed by atoms with E-state index >= 15 is 0 Å². The topological polar surface area (TPSA) is 88.0 Å². The summed E-state index contributed by atoms with van der Waals surface area (Å²) in [5.41, 5.74) is 8.98. The summed E-state index contributed by atoms with van der Waals surface area (Å²) in [6.45, 7) is 0. The smallest absolute Gasteiger partial charge is 0.272 e. The highest BCUT2D eigenvalue weighted by Crippen LogP contribution is 2.31. The minimum Gasteiger partial charge on any atom is -0.324 e. The van der Waals surface area contributed by atoms with E-state index in [9.17, 15) is 9.59 Å². The minimum absolute atomic E-state index is 0.0777. The van der Waals surface area contributed by atoms with Gasteiger partial charge in [-0.05, 0) is 54.3 Å². The Morgan fingerprint density at radius 2 is 2.04 bits per heavy atom. The van der Waals surface area contributed by atoms with Gasteiger partial charge in [0, 0.05) is 27.0 Å². The molecule has 0 spiro atoms. The zero-order chi connectivity index (χ0) is 17.6. The summed E-state index contributed by atoms with van der Waals surface area (Å²) in [5, 5.41) is 4.09. The predicted molar refractivity (Wildman–Crippen MR) is 102 cm³/mol. The molecule has 5 nitrogen and oxygen atoms in total. The first-order valence-electron chi connectivity index (χ1n) is 8.04. The molecule has 25 heavy (non-hydrogen) atoms. The van der Waals surface area contributed by atoms with E-state index in [0.717, 1.165) is 22.9 Å². The number of fused-ring (bicyclic) bond motifs is 2. The summed E-state index contributed by atoms with van der Waals surface area (Å²) < 4.78 is 0.775. The van der Waals surface area contributed by atoms with Crippen LogP contribution in [0.4, 0.5) is 5.69 Å². The maximum absolute atomic E-state index is 12.6. The van der Waals surface area contributed by atoms with Gasteiger partial charge in [-0.1, -0.05) is 28.1 Å². The second kappa shape index (κ2) is 6.13. The summed E-state index contributed by atoms with van der Waals surface area (Å²) in [7, 11) is 0. The number of aryl methyl sites for hydroxylation is 1. The van der Waals surface area contributed by atoms with Crippen molar-refractivity contribution in [1.82, 2.24) is 4.98 Å². The maximum Gasteiger partial charge on any atom is 0.272 e. The fraction of sp³-hybridized carbons (Fsp3) is 0.158. The van der Waals surface area contributed by atoms with E-state index in [1.165, 1.54) is 5.56 Å². The Labute approximate surface area is 152 Å². The number of rotatable bonds is 2. The van der Waals surface area contributed by atoms with Crippen molar-refractivity contribution in [2.24, 2.45) is 5.73 Å². The van der Waals surface area contributed by atoms with Crippen molar-refractivity contribution in [3.63, 3.8) is 0 Å². The first-order valence-corrected chi connectivity index (χ1v) is 8.83. The molecule has 1 aliphatic rings. The number of hydrogen-bond acceptors (Lipinski definition) is 3. The third kappa shape index (κ3) is 2.88. The van der Waals surface area contributed by atoms with E-state index in [1.54, 1.807) is 18.2 Å². The maximum atomic E-state index is 12.6. The van der Waals surface area contributed by atoms with Crippen LogP contribution in [-0.4, -0.2) is 10.9 Å². The van der Waals surface area contributed by atoms with Gasteiger partial charge in [-0.2, -0.15) is 0 Å². The molecule has 3 aromatic rings. The summed E-state index contributed by atoms with van der Waals surface area (Å²) >= 11 is 3.42. The van der Waals surface area contributed by atoms with Gasteiger partial charge in [-0.15, -0.1) is 0 Å². The molecule has 1 aromatic heterocycles. The average Bonchev–Trinajstić information content (AvgIpc) is 2.96. The Bertz CT molecular complexity index is 1060.